The van der Waals surface area contributed by atoms with E-state index >= 15 is 0 Å². The number of amides is 1. The molecule has 1 aliphatic rings. The third-order valence-electron chi connectivity index (χ3n) is 7.33. The molecule has 0 saturated carbocycles. The number of benzene rings is 3. The molecule has 1 amide bonds. The summed E-state index contributed by atoms with van der Waals surface area (Å²) in [6, 6.07) is 16.0. The second-order valence-corrected chi connectivity index (χ2v) is 10.9. The fourth-order valence-corrected chi connectivity index (χ4v) is 5.30. The summed E-state index contributed by atoms with van der Waals surface area (Å²) in [5, 5.41) is 9.95. The van der Waals surface area contributed by atoms with Crippen LogP contribution >= 0.6 is 0 Å². The van der Waals surface area contributed by atoms with Crippen LogP contribution in [0.3, 0.4) is 0 Å². The number of ether oxygens (including phenoxy) is 3. The van der Waals surface area contributed by atoms with Crippen LogP contribution in [0.4, 0.5) is 30.4 Å². The first kappa shape index (κ1) is 32.2. The van der Waals surface area contributed by atoms with E-state index in [1.165, 1.54) is 30.5 Å². The number of nitrogens with two attached hydrogens (primary N) is 1. The maximum absolute atomic E-state index is 14.3. The van der Waals surface area contributed by atoms with E-state index in [9.17, 15) is 22.8 Å². The summed E-state index contributed by atoms with van der Waals surface area (Å²) < 4.78 is 58.3. The number of pyridine rings is 1. The molecule has 3 aromatic carbocycles. The molecule has 13 heteroatoms. The zero-order valence-electron chi connectivity index (χ0n) is 25.5. The van der Waals surface area contributed by atoms with Crippen LogP contribution in [0.25, 0.3) is 10.8 Å². The van der Waals surface area contributed by atoms with Gasteiger partial charge in [-0.2, -0.15) is 13.2 Å². The van der Waals surface area contributed by atoms with Gasteiger partial charge in [0.25, 0.3) is 11.6 Å². The van der Waals surface area contributed by atoms with Gasteiger partial charge in [-0.25, -0.2) is 9.78 Å². The Morgan fingerprint density at radius 2 is 1.87 bits per heavy atom. The SMILES string of the molecule is CCOc1cc(C(Nc2ccc3c(N)nccc3c2)(OC(=O)C(F)(F)F)C(=O)NCc2cccc3c2CCN3)ccc1OC(C)C. The Kier molecular flexibility index (Phi) is 9.12. The second kappa shape index (κ2) is 13.0. The smallest absolute Gasteiger partial charge is 0.490 e. The van der Waals surface area contributed by atoms with Gasteiger partial charge in [0.05, 0.1) is 12.7 Å². The van der Waals surface area contributed by atoms with Crippen molar-refractivity contribution in [3.05, 3.63) is 83.6 Å². The van der Waals surface area contributed by atoms with Crippen LogP contribution in [0.5, 0.6) is 11.5 Å². The number of nitrogens with one attached hydrogen (secondary N) is 3. The maximum atomic E-state index is 14.3. The van der Waals surface area contributed by atoms with E-state index in [4.69, 9.17) is 19.9 Å². The number of hydrogen-bond donors (Lipinski definition) is 4. The lowest BCUT2D eigenvalue weighted by Crippen LogP contribution is -2.54. The number of aromatic nitrogens is 1. The lowest BCUT2D eigenvalue weighted by atomic mass is 9.98. The minimum atomic E-state index is -5.42. The Morgan fingerprint density at radius 3 is 2.61 bits per heavy atom. The minimum Gasteiger partial charge on any atom is -0.490 e. The summed E-state index contributed by atoms with van der Waals surface area (Å²) in [5.41, 5.74) is 5.93. The fraction of sp³-hybridized carbons (Fsp3) is 0.303. The molecule has 4 aromatic rings. The summed E-state index contributed by atoms with van der Waals surface area (Å²) >= 11 is 0. The Labute approximate surface area is 263 Å². The molecule has 0 fully saturated rings. The number of carbonyl (C=O) groups is 2. The summed E-state index contributed by atoms with van der Waals surface area (Å²) in [6.45, 7) is 6.15. The molecule has 0 saturated heterocycles. The molecule has 1 atom stereocenters. The normalized spacial score (nSPS) is 13.8. The number of anilines is 3. The average Bonchev–Trinajstić information content (AvgIpc) is 3.49. The predicted octanol–water partition coefficient (Wildman–Crippen LogP) is 5.66. The number of fused-ring (bicyclic) bond motifs is 2. The molecular weight excluding hydrogens is 603 g/mol. The van der Waals surface area contributed by atoms with Crippen molar-refractivity contribution in [1.82, 2.24) is 10.3 Å². The van der Waals surface area contributed by atoms with Crippen LogP contribution < -0.4 is 31.2 Å². The highest BCUT2D eigenvalue weighted by molar-refractivity contribution is 5.96. The average molecular weight is 638 g/mol. The van der Waals surface area contributed by atoms with Gasteiger partial charge in [0, 0.05) is 41.6 Å². The molecule has 1 aliphatic heterocycles. The molecule has 46 heavy (non-hydrogen) atoms. The quantitative estimate of drug-likeness (QED) is 0.121. The third-order valence-corrected chi connectivity index (χ3v) is 7.33. The van der Waals surface area contributed by atoms with E-state index in [2.05, 4.69) is 20.9 Å². The Morgan fingerprint density at radius 1 is 1.07 bits per heavy atom. The molecular formula is C33H34F3N5O5. The van der Waals surface area contributed by atoms with Crippen molar-refractivity contribution in [3.8, 4) is 11.5 Å². The van der Waals surface area contributed by atoms with Gasteiger partial charge >= 0.3 is 12.1 Å². The predicted molar refractivity (Wildman–Crippen MR) is 167 cm³/mol. The second-order valence-electron chi connectivity index (χ2n) is 10.9. The number of carbonyl (C=O) groups excluding carboxylic acids is 2. The first-order valence-electron chi connectivity index (χ1n) is 14.7. The van der Waals surface area contributed by atoms with Gasteiger partial charge in [-0.1, -0.05) is 12.1 Å². The molecule has 0 radical (unpaired) electrons. The fourth-order valence-electron chi connectivity index (χ4n) is 5.30. The van der Waals surface area contributed by atoms with E-state index in [-0.39, 0.29) is 47.8 Å². The van der Waals surface area contributed by atoms with Crippen molar-refractivity contribution in [3.63, 3.8) is 0 Å². The number of esters is 1. The van der Waals surface area contributed by atoms with Crippen LogP contribution in [0.1, 0.15) is 37.5 Å². The van der Waals surface area contributed by atoms with Crippen LogP contribution in [0.15, 0.2) is 66.9 Å². The van der Waals surface area contributed by atoms with Gasteiger partial charge in [-0.15, -0.1) is 0 Å². The Hall–Kier alpha value is -5.20. The van der Waals surface area contributed by atoms with Gasteiger partial charge in [-0.3, -0.25) is 4.79 Å². The zero-order valence-corrected chi connectivity index (χ0v) is 25.5. The van der Waals surface area contributed by atoms with E-state index in [1.807, 2.05) is 18.2 Å². The monoisotopic (exact) mass is 637 g/mol. The highest BCUT2D eigenvalue weighted by Gasteiger charge is 2.52. The molecule has 1 aromatic heterocycles. The van der Waals surface area contributed by atoms with Crippen molar-refractivity contribution >= 4 is 39.8 Å². The molecule has 0 aliphatic carbocycles. The topological polar surface area (TPSA) is 137 Å². The Balaban J connectivity index is 1.65. The van der Waals surface area contributed by atoms with Gasteiger partial charge < -0.3 is 35.9 Å². The van der Waals surface area contributed by atoms with Crippen LogP contribution in [-0.2, 0) is 33.0 Å². The highest BCUT2D eigenvalue weighted by atomic mass is 19.4. The van der Waals surface area contributed by atoms with Gasteiger partial charge in [0.2, 0.25) is 0 Å². The molecule has 242 valence electrons. The molecule has 10 nitrogen and oxygen atoms in total. The van der Waals surface area contributed by atoms with Gasteiger partial charge in [0.1, 0.15) is 5.82 Å². The summed E-state index contributed by atoms with van der Waals surface area (Å²) in [7, 11) is 0. The first-order valence-corrected chi connectivity index (χ1v) is 14.7. The Bertz CT molecular complexity index is 1760. The summed E-state index contributed by atoms with van der Waals surface area (Å²) in [6.07, 6.45) is -3.51. The van der Waals surface area contributed by atoms with Crippen LogP contribution in [-0.4, -0.2) is 42.3 Å². The zero-order chi connectivity index (χ0) is 33.1. The maximum Gasteiger partial charge on any atom is 0.491 e. The number of alkyl halides is 3. The number of nitrogens with zero attached hydrogens (tertiary/aromatic N) is 1. The number of nitrogen functional groups attached to an aromatic ring is 1. The van der Waals surface area contributed by atoms with E-state index in [0.29, 0.717) is 23.7 Å². The van der Waals surface area contributed by atoms with Crippen molar-refractivity contribution in [2.45, 2.75) is 51.7 Å². The highest BCUT2D eigenvalue weighted by Crippen LogP contribution is 2.38. The minimum absolute atomic E-state index is 0.0521. The van der Waals surface area contributed by atoms with E-state index in [0.717, 1.165) is 16.8 Å². The molecule has 5 rings (SSSR count). The standard InChI is InChI=1S/C33H34F3N5O5/c1-4-44-28-17-22(8-11-27(28)45-19(2)3)32(46-31(43)33(34,35)36,41-23-9-10-25-20(16-23)12-14-39-29(25)37)30(42)40-18-21-6-5-7-26-24(21)13-15-38-26/h5-12,14,16-17,19,38,41H,4,13,15,18H2,1-3H3,(H2,37,39)(H,40,42). The lowest BCUT2D eigenvalue weighted by Gasteiger charge is -2.35. The molecule has 0 spiro atoms. The molecule has 0 bridgehead atoms. The van der Waals surface area contributed by atoms with Crippen molar-refractivity contribution in [2.24, 2.45) is 0 Å². The number of halogens is 3. The van der Waals surface area contributed by atoms with E-state index < -0.39 is 23.8 Å². The van der Waals surface area contributed by atoms with Crippen LogP contribution in [0, 0.1) is 0 Å². The largest absolute Gasteiger partial charge is 0.491 e. The first-order chi connectivity index (χ1) is 21.9. The van der Waals surface area contributed by atoms with Crippen LogP contribution in [0.2, 0.25) is 0 Å². The number of hydrogen-bond acceptors (Lipinski definition) is 9. The molecule has 5 N–H and O–H groups in total. The third kappa shape index (κ3) is 6.72. The van der Waals surface area contributed by atoms with Crippen molar-refractivity contribution < 1.29 is 37.0 Å². The lowest BCUT2D eigenvalue weighted by molar-refractivity contribution is -0.213. The van der Waals surface area contributed by atoms with Gasteiger partial charge in [-0.05, 0) is 92.2 Å². The van der Waals surface area contributed by atoms with Gasteiger partial charge in [0.15, 0.2) is 11.5 Å². The summed E-state index contributed by atoms with van der Waals surface area (Å²) in [5.74, 6) is -2.96. The van der Waals surface area contributed by atoms with Crippen molar-refractivity contribution in [2.75, 3.05) is 29.5 Å². The van der Waals surface area contributed by atoms with Crippen molar-refractivity contribution in [1.29, 1.82) is 0 Å². The molecule has 2 heterocycles. The van der Waals surface area contributed by atoms with E-state index in [1.54, 1.807) is 39.0 Å². The summed E-state index contributed by atoms with van der Waals surface area (Å²) in [4.78, 5) is 31.0. The number of rotatable bonds is 11. The molecule has 1 unspecified atom stereocenters.